The van der Waals surface area contributed by atoms with Crippen LogP contribution in [0.25, 0.3) is 0 Å². The molecule has 1 heterocycles. The molecule has 11 heteroatoms. The molecule has 1 saturated carbocycles. The summed E-state index contributed by atoms with van der Waals surface area (Å²) in [7, 11) is 1.42. The van der Waals surface area contributed by atoms with Crippen LogP contribution in [-0.2, 0) is 28.7 Å². The number of cyclic esters (lactones) is 1. The van der Waals surface area contributed by atoms with Gasteiger partial charge in [0, 0.05) is 19.2 Å². The largest absolute Gasteiger partial charge is 0.460 e. The van der Waals surface area contributed by atoms with Crippen LogP contribution in [0.1, 0.15) is 124 Å². The second-order valence-electron chi connectivity index (χ2n) is 13.4. The maximum absolute atomic E-state index is 13.6. The Hall–Kier alpha value is -2.95. The molecular formula is C35H60N4O7. The fourth-order valence-electron chi connectivity index (χ4n) is 5.77. The molecule has 262 valence electrons. The Morgan fingerprint density at radius 3 is 2.13 bits per heavy atom. The SMILES string of the molecule is CCCCCCCCCCCCCC[C@@H](C)[C@@H]1OC(=O)[C@H](CC(=O)NC2CC2)NC(=O)CN(C)C(=O)/C=C/[C@H](CO)NC(=O)[C@H]1C. The summed E-state index contributed by atoms with van der Waals surface area (Å²) in [6.07, 6.45) is 18.6. The molecule has 0 unspecified atom stereocenters. The highest BCUT2D eigenvalue weighted by Crippen LogP contribution is 2.25. The van der Waals surface area contributed by atoms with E-state index in [1.54, 1.807) is 6.92 Å². The molecule has 0 saturated heterocycles. The van der Waals surface area contributed by atoms with Gasteiger partial charge in [-0.05, 0) is 25.2 Å². The van der Waals surface area contributed by atoms with Crippen LogP contribution in [0.3, 0.4) is 0 Å². The van der Waals surface area contributed by atoms with Crippen LogP contribution < -0.4 is 16.0 Å². The number of rotatable bonds is 18. The van der Waals surface area contributed by atoms with Crippen molar-refractivity contribution in [2.24, 2.45) is 11.8 Å². The summed E-state index contributed by atoms with van der Waals surface area (Å²) < 4.78 is 5.97. The Labute approximate surface area is 276 Å². The molecule has 1 aliphatic heterocycles. The summed E-state index contributed by atoms with van der Waals surface area (Å²) in [5.41, 5.74) is 0. The van der Waals surface area contributed by atoms with E-state index in [2.05, 4.69) is 22.9 Å². The molecule has 0 aromatic heterocycles. The Morgan fingerprint density at radius 2 is 1.57 bits per heavy atom. The molecule has 0 spiro atoms. The number of aliphatic hydroxyl groups is 1. The Balaban J connectivity index is 2.06. The fraction of sp³-hybridized carbons (Fsp3) is 0.800. The summed E-state index contributed by atoms with van der Waals surface area (Å²) in [5.74, 6) is -3.74. The van der Waals surface area contributed by atoms with Crippen molar-refractivity contribution in [3.8, 4) is 0 Å². The zero-order valence-electron chi connectivity index (χ0n) is 28.7. The number of nitrogens with one attached hydrogen (secondary N) is 3. The van der Waals surface area contributed by atoms with Crippen LogP contribution in [0.2, 0.25) is 0 Å². The highest BCUT2D eigenvalue weighted by molar-refractivity contribution is 5.94. The van der Waals surface area contributed by atoms with Crippen LogP contribution in [0.5, 0.6) is 0 Å². The molecule has 4 N–H and O–H groups in total. The third-order valence-corrected chi connectivity index (χ3v) is 8.94. The molecule has 5 atom stereocenters. The predicted octanol–water partition coefficient (Wildman–Crippen LogP) is 3.92. The van der Waals surface area contributed by atoms with Gasteiger partial charge in [0.05, 0.1) is 31.5 Å². The van der Waals surface area contributed by atoms with Gasteiger partial charge in [0.1, 0.15) is 12.1 Å². The summed E-state index contributed by atoms with van der Waals surface area (Å²) in [6, 6.07) is -2.05. The topological polar surface area (TPSA) is 154 Å². The molecule has 0 aromatic carbocycles. The average molecular weight is 649 g/mol. The van der Waals surface area contributed by atoms with Gasteiger partial charge in [-0.15, -0.1) is 0 Å². The van der Waals surface area contributed by atoms with Crippen molar-refractivity contribution < 1.29 is 33.8 Å². The highest BCUT2D eigenvalue weighted by Gasteiger charge is 2.36. The van der Waals surface area contributed by atoms with E-state index in [4.69, 9.17) is 4.74 Å². The number of carbonyl (C=O) groups excluding carboxylic acids is 5. The van der Waals surface area contributed by atoms with E-state index in [1.165, 1.54) is 77.0 Å². The summed E-state index contributed by atoms with van der Waals surface area (Å²) >= 11 is 0. The van der Waals surface area contributed by atoms with Gasteiger partial charge in [-0.3, -0.25) is 19.2 Å². The zero-order valence-corrected chi connectivity index (χ0v) is 28.7. The maximum Gasteiger partial charge on any atom is 0.329 e. The third-order valence-electron chi connectivity index (χ3n) is 8.94. The van der Waals surface area contributed by atoms with Crippen molar-refractivity contribution in [2.45, 2.75) is 148 Å². The minimum absolute atomic E-state index is 0.0727. The Bertz CT molecular complexity index is 999. The molecule has 11 nitrogen and oxygen atoms in total. The van der Waals surface area contributed by atoms with Gasteiger partial charge in [0.15, 0.2) is 0 Å². The monoisotopic (exact) mass is 648 g/mol. The average Bonchev–Trinajstić information content (AvgIpc) is 3.84. The Kier molecular flexibility index (Phi) is 18.6. The predicted molar refractivity (Wildman–Crippen MR) is 177 cm³/mol. The highest BCUT2D eigenvalue weighted by atomic mass is 16.5. The van der Waals surface area contributed by atoms with Gasteiger partial charge in [0.2, 0.25) is 23.6 Å². The molecular weight excluding hydrogens is 588 g/mol. The smallest absolute Gasteiger partial charge is 0.329 e. The number of unbranched alkanes of at least 4 members (excludes halogenated alkanes) is 11. The van der Waals surface area contributed by atoms with E-state index in [0.29, 0.717) is 0 Å². The second-order valence-corrected chi connectivity index (χ2v) is 13.4. The molecule has 4 amide bonds. The van der Waals surface area contributed by atoms with Crippen molar-refractivity contribution in [1.29, 1.82) is 0 Å². The number of likely N-dealkylation sites (N-methyl/N-ethyl adjacent to an activating group) is 1. The summed E-state index contributed by atoms with van der Waals surface area (Å²) in [4.78, 5) is 66.1. The van der Waals surface area contributed by atoms with Crippen LogP contribution in [-0.4, -0.2) is 84.0 Å². The lowest BCUT2D eigenvalue weighted by Crippen LogP contribution is -2.51. The van der Waals surface area contributed by atoms with Crippen molar-refractivity contribution in [3.05, 3.63) is 12.2 Å². The number of hydrogen-bond donors (Lipinski definition) is 4. The quantitative estimate of drug-likeness (QED) is 0.130. The van der Waals surface area contributed by atoms with Crippen LogP contribution in [0.15, 0.2) is 12.2 Å². The molecule has 2 aliphatic rings. The molecule has 1 fully saturated rings. The molecule has 0 bridgehead atoms. The molecule has 1 aliphatic carbocycles. The molecule has 0 radical (unpaired) electrons. The lowest BCUT2D eigenvalue weighted by Gasteiger charge is -2.31. The maximum atomic E-state index is 13.6. The van der Waals surface area contributed by atoms with Crippen LogP contribution in [0.4, 0.5) is 0 Å². The van der Waals surface area contributed by atoms with E-state index in [9.17, 15) is 29.1 Å². The minimum atomic E-state index is -1.28. The van der Waals surface area contributed by atoms with Gasteiger partial charge in [-0.25, -0.2) is 4.79 Å². The van der Waals surface area contributed by atoms with Gasteiger partial charge in [-0.2, -0.15) is 0 Å². The number of hydrogen-bond acceptors (Lipinski definition) is 7. The number of nitrogens with zero attached hydrogens (tertiary/aromatic N) is 1. The molecule has 46 heavy (non-hydrogen) atoms. The van der Waals surface area contributed by atoms with Crippen molar-refractivity contribution >= 4 is 29.6 Å². The first-order valence-electron chi connectivity index (χ1n) is 17.7. The van der Waals surface area contributed by atoms with Gasteiger partial charge in [-0.1, -0.05) is 104 Å². The standard InChI is InChI=1S/C35H60N4O7/c1-5-6-7-8-9-10-11-12-13-14-15-16-17-25(2)33-26(3)34(44)37-28(24-40)20-21-32(43)39(4)23-31(42)38-29(35(45)46-33)22-30(41)36-27-18-19-27/h20-21,25-29,33,40H,5-19,22-24H2,1-4H3,(H,36,41)(H,37,44)(H,38,42)/b21-20+/t25-,26+,28-,29+,33+/m1/s1. The van der Waals surface area contributed by atoms with Gasteiger partial charge in [0.25, 0.3) is 0 Å². The third kappa shape index (κ3) is 15.6. The lowest BCUT2D eigenvalue weighted by atomic mass is 9.88. The zero-order chi connectivity index (χ0) is 33.9. The van der Waals surface area contributed by atoms with E-state index >= 15 is 0 Å². The number of carbonyl (C=O) groups is 5. The number of aliphatic hydroxyl groups excluding tert-OH is 1. The van der Waals surface area contributed by atoms with E-state index in [1.807, 2.05) is 6.92 Å². The minimum Gasteiger partial charge on any atom is -0.460 e. The lowest BCUT2D eigenvalue weighted by molar-refractivity contribution is -0.161. The summed E-state index contributed by atoms with van der Waals surface area (Å²) in [5, 5.41) is 18.0. The molecule has 0 aromatic rings. The normalized spacial score (nSPS) is 24.7. The first kappa shape index (κ1) is 39.2. The van der Waals surface area contributed by atoms with Gasteiger partial charge >= 0.3 is 5.97 Å². The second kappa shape index (κ2) is 21.8. The van der Waals surface area contributed by atoms with E-state index < -0.39 is 54.4 Å². The molecule has 2 rings (SSSR count). The Morgan fingerprint density at radius 1 is 0.978 bits per heavy atom. The van der Waals surface area contributed by atoms with Crippen molar-refractivity contribution in [1.82, 2.24) is 20.9 Å². The fourth-order valence-corrected chi connectivity index (χ4v) is 5.77. The van der Waals surface area contributed by atoms with E-state index in [-0.39, 0.29) is 30.8 Å². The van der Waals surface area contributed by atoms with Crippen LogP contribution >= 0.6 is 0 Å². The number of esters is 1. The number of ether oxygens (including phenoxy) is 1. The first-order valence-corrected chi connectivity index (χ1v) is 17.7. The van der Waals surface area contributed by atoms with Crippen molar-refractivity contribution in [3.63, 3.8) is 0 Å². The summed E-state index contributed by atoms with van der Waals surface area (Å²) in [6.45, 7) is 5.04. The van der Waals surface area contributed by atoms with Crippen molar-refractivity contribution in [2.75, 3.05) is 20.2 Å². The number of amides is 4. The van der Waals surface area contributed by atoms with Crippen LogP contribution in [0, 0.1) is 11.8 Å². The van der Waals surface area contributed by atoms with E-state index in [0.717, 1.165) is 43.4 Å². The first-order chi connectivity index (χ1) is 22.0. The van der Waals surface area contributed by atoms with Gasteiger partial charge < -0.3 is 30.7 Å².